The molecule has 0 atom stereocenters. The Balaban J connectivity index is 2.48. The van der Waals surface area contributed by atoms with Crippen molar-refractivity contribution >= 4 is 81.2 Å². The van der Waals surface area contributed by atoms with E-state index in [2.05, 4.69) is 0 Å². The summed E-state index contributed by atoms with van der Waals surface area (Å²) in [6.45, 7) is 0. The smallest absolute Gasteiger partial charge is 0.166 e. The van der Waals surface area contributed by atoms with Crippen LogP contribution >= 0.6 is 81.2 Å². The lowest BCUT2D eigenvalue weighted by molar-refractivity contribution is 0.483. The van der Waals surface area contributed by atoms with Crippen molar-refractivity contribution in [2.75, 3.05) is 0 Å². The van der Waals surface area contributed by atoms with Crippen LogP contribution in [0.1, 0.15) is 0 Å². The molecule has 0 bridgehead atoms. The summed E-state index contributed by atoms with van der Waals surface area (Å²) >= 11 is 41.5. The fraction of sp³-hybridized carbons (Fsp3) is 0. The normalized spacial score (nSPS) is 10.8. The molecule has 8 heteroatoms. The largest absolute Gasteiger partial charge is 0.454 e. The Morgan fingerprint density at radius 1 is 0.550 bits per heavy atom. The van der Waals surface area contributed by atoms with Gasteiger partial charge in [-0.1, -0.05) is 81.2 Å². The van der Waals surface area contributed by atoms with E-state index in [-0.39, 0.29) is 40.9 Å². The fourth-order valence-corrected chi connectivity index (χ4v) is 2.91. The van der Waals surface area contributed by atoms with Crippen LogP contribution in [0.5, 0.6) is 11.5 Å². The maximum atomic E-state index is 6.05. The first-order valence-corrected chi connectivity index (χ1v) is 7.61. The highest BCUT2D eigenvalue weighted by Gasteiger charge is 2.17. The summed E-state index contributed by atoms with van der Waals surface area (Å²) in [6.07, 6.45) is 0. The number of hydrogen-bond donors (Lipinski definition) is 0. The van der Waals surface area contributed by atoms with Gasteiger partial charge in [-0.3, -0.25) is 0 Å². The molecule has 106 valence electrons. The molecular weight excluding hydrogens is 408 g/mol. The molecule has 0 saturated heterocycles. The number of benzene rings is 2. The Morgan fingerprint density at radius 3 is 1.60 bits per heavy atom. The first-order chi connectivity index (χ1) is 9.31. The molecule has 0 saturated carbocycles. The van der Waals surface area contributed by atoms with Gasteiger partial charge in [0.25, 0.3) is 0 Å². The zero-order chi connectivity index (χ0) is 15.0. The molecule has 0 heterocycles. The minimum atomic E-state index is 0.0892. The Morgan fingerprint density at radius 2 is 1.05 bits per heavy atom. The standard InChI is InChI=1S/C12H3Cl7O/c13-5-1-4(2-6(14)9(5)17)20-12-8(16)3-7(15)10(18)11(12)19/h1-3H. The molecule has 0 aliphatic carbocycles. The molecule has 1 nitrogen and oxygen atoms in total. The third-order valence-corrected chi connectivity index (χ3v) is 4.97. The third-order valence-electron chi connectivity index (χ3n) is 2.25. The van der Waals surface area contributed by atoms with Gasteiger partial charge in [0.15, 0.2) is 5.75 Å². The van der Waals surface area contributed by atoms with E-state index in [0.717, 1.165) is 0 Å². The first kappa shape index (κ1) is 16.6. The van der Waals surface area contributed by atoms with E-state index in [9.17, 15) is 0 Å². The van der Waals surface area contributed by atoms with Gasteiger partial charge in [-0.2, -0.15) is 0 Å². The Hall–Kier alpha value is 0.270. The monoisotopic (exact) mass is 408 g/mol. The number of ether oxygens (including phenoxy) is 1. The minimum Gasteiger partial charge on any atom is -0.454 e. The highest BCUT2D eigenvalue weighted by Crippen LogP contribution is 2.45. The maximum absolute atomic E-state index is 6.05. The zero-order valence-electron chi connectivity index (χ0n) is 9.29. The molecule has 20 heavy (non-hydrogen) atoms. The van der Waals surface area contributed by atoms with E-state index in [0.29, 0.717) is 5.75 Å². The highest BCUT2D eigenvalue weighted by atomic mass is 35.5. The van der Waals surface area contributed by atoms with E-state index in [1.807, 2.05) is 0 Å². The molecule has 0 amide bonds. The van der Waals surface area contributed by atoms with Crippen LogP contribution in [-0.4, -0.2) is 0 Å². The van der Waals surface area contributed by atoms with Crippen molar-refractivity contribution in [3.05, 3.63) is 53.4 Å². The summed E-state index contributed by atoms with van der Waals surface area (Å²) in [5.74, 6) is 0.462. The molecular formula is C12H3Cl7O. The Kier molecular flexibility index (Phi) is 5.47. The van der Waals surface area contributed by atoms with Gasteiger partial charge in [0.1, 0.15) is 10.8 Å². The summed E-state index contributed by atoms with van der Waals surface area (Å²) in [5, 5.41) is 1.35. The van der Waals surface area contributed by atoms with E-state index in [1.165, 1.54) is 18.2 Å². The molecule has 0 fully saturated rings. The predicted octanol–water partition coefficient (Wildman–Crippen LogP) is 8.05. The third kappa shape index (κ3) is 3.36. The van der Waals surface area contributed by atoms with E-state index in [1.54, 1.807) is 0 Å². The molecule has 0 aliphatic rings. The Bertz CT molecular complexity index is 661. The summed E-state index contributed by atoms with van der Waals surface area (Å²) in [6, 6.07) is 4.38. The molecule has 0 N–H and O–H groups in total. The molecule has 0 aliphatic heterocycles. The number of rotatable bonds is 2. The second-order valence-electron chi connectivity index (χ2n) is 3.60. The molecule has 0 unspecified atom stereocenters. The predicted molar refractivity (Wildman–Crippen MR) is 88.0 cm³/mol. The first-order valence-electron chi connectivity index (χ1n) is 4.96. The van der Waals surface area contributed by atoms with Gasteiger partial charge in [0, 0.05) is 12.1 Å². The van der Waals surface area contributed by atoms with Crippen molar-refractivity contribution < 1.29 is 4.74 Å². The van der Waals surface area contributed by atoms with Crippen molar-refractivity contribution in [1.29, 1.82) is 0 Å². The van der Waals surface area contributed by atoms with Crippen LogP contribution in [0.15, 0.2) is 18.2 Å². The van der Waals surface area contributed by atoms with Gasteiger partial charge in [0.05, 0.1) is 30.1 Å². The van der Waals surface area contributed by atoms with Crippen molar-refractivity contribution in [2.24, 2.45) is 0 Å². The van der Waals surface area contributed by atoms with Crippen LogP contribution in [0.4, 0.5) is 0 Å². The van der Waals surface area contributed by atoms with Gasteiger partial charge >= 0.3 is 0 Å². The summed E-state index contributed by atoms with van der Waals surface area (Å²) in [5.41, 5.74) is 0. The molecule has 2 aromatic carbocycles. The van der Waals surface area contributed by atoms with Crippen LogP contribution in [0.3, 0.4) is 0 Å². The van der Waals surface area contributed by atoms with Crippen LogP contribution in [-0.2, 0) is 0 Å². The van der Waals surface area contributed by atoms with Crippen molar-refractivity contribution in [2.45, 2.75) is 0 Å². The molecule has 2 aromatic rings. The number of hydrogen-bond acceptors (Lipinski definition) is 1. The molecule has 0 spiro atoms. The highest BCUT2D eigenvalue weighted by molar-refractivity contribution is 6.50. The summed E-state index contributed by atoms with van der Waals surface area (Å²) in [7, 11) is 0. The average molecular weight is 411 g/mol. The molecule has 2 rings (SSSR count). The zero-order valence-corrected chi connectivity index (χ0v) is 14.6. The van der Waals surface area contributed by atoms with E-state index in [4.69, 9.17) is 85.9 Å². The average Bonchev–Trinajstić information content (AvgIpc) is 2.38. The molecule has 0 radical (unpaired) electrons. The van der Waals surface area contributed by atoms with E-state index < -0.39 is 0 Å². The van der Waals surface area contributed by atoms with Gasteiger partial charge < -0.3 is 4.74 Å². The lowest BCUT2D eigenvalue weighted by atomic mass is 10.3. The minimum absolute atomic E-state index is 0.0892. The van der Waals surface area contributed by atoms with E-state index >= 15 is 0 Å². The number of halogens is 7. The fourth-order valence-electron chi connectivity index (χ4n) is 1.35. The summed E-state index contributed by atoms with van der Waals surface area (Å²) < 4.78 is 5.56. The molecule has 0 aromatic heterocycles. The quantitative estimate of drug-likeness (QED) is 0.359. The van der Waals surface area contributed by atoms with Gasteiger partial charge in [-0.15, -0.1) is 0 Å². The summed E-state index contributed by atoms with van der Waals surface area (Å²) in [4.78, 5) is 0. The topological polar surface area (TPSA) is 9.23 Å². The van der Waals surface area contributed by atoms with Crippen molar-refractivity contribution in [1.82, 2.24) is 0 Å². The lowest BCUT2D eigenvalue weighted by Gasteiger charge is -2.12. The van der Waals surface area contributed by atoms with Gasteiger partial charge in [-0.25, -0.2) is 0 Å². The Labute approximate surface area is 150 Å². The maximum Gasteiger partial charge on any atom is 0.166 e. The van der Waals surface area contributed by atoms with Crippen molar-refractivity contribution in [3.63, 3.8) is 0 Å². The second kappa shape index (κ2) is 6.58. The van der Waals surface area contributed by atoms with Crippen LogP contribution in [0.2, 0.25) is 35.2 Å². The van der Waals surface area contributed by atoms with Gasteiger partial charge in [0.2, 0.25) is 0 Å². The van der Waals surface area contributed by atoms with Gasteiger partial charge in [-0.05, 0) is 6.07 Å². The van der Waals surface area contributed by atoms with Crippen LogP contribution in [0, 0.1) is 0 Å². The SMILES string of the molecule is Clc1cc(Oc2c(Cl)cc(Cl)c(Cl)c2Cl)cc(Cl)c1Cl. The van der Waals surface area contributed by atoms with Crippen LogP contribution < -0.4 is 4.74 Å². The van der Waals surface area contributed by atoms with Crippen molar-refractivity contribution in [3.8, 4) is 11.5 Å². The lowest BCUT2D eigenvalue weighted by Crippen LogP contribution is -1.89. The second-order valence-corrected chi connectivity index (χ2v) is 6.36. The van der Waals surface area contributed by atoms with Crippen LogP contribution in [0.25, 0.3) is 0 Å².